The second-order valence-electron chi connectivity index (χ2n) is 6.28. The number of aromatic nitrogens is 4. The van der Waals surface area contributed by atoms with Gasteiger partial charge in [-0.15, -0.1) is 10.2 Å². The summed E-state index contributed by atoms with van der Waals surface area (Å²) in [6.45, 7) is 1.91. The molecule has 9 heteroatoms. The molecule has 6 nitrogen and oxygen atoms in total. The van der Waals surface area contributed by atoms with Gasteiger partial charge in [0, 0.05) is 21.3 Å². The summed E-state index contributed by atoms with van der Waals surface area (Å²) in [7, 11) is 0. The number of nitrogens with zero attached hydrogens (tertiary/aromatic N) is 4. The molecule has 0 saturated carbocycles. The summed E-state index contributed by atoms with van der Waals surface area (Å²) in [5, 5.41) is 17.5. The highest BCUT2D eigenvalue weighted by Crippen LogP contribution is 2.23. The molecule has 0 aliphatic heterocycles. The fourth-order valence-electron chi connectivity index (χ4n) is 2.63. The second kappa shape index (κ2) is 8.41. The number of amides is 1. The largest absolute Gasteiger partial charge is 0.325 e. The fraction of sp³-hybridized carbons (Fsp3) is 0.100. The molecule has 0 atom stereocenters. The molecule has 2 heterocycles. The lowest BCUT2D eigenvalue weighted by molar-refractivity contribution is -0.113. The molecule has 1 amide bonds. The van der Waals surface area contributed by atoms with E-state index in [2.05, 4.69) is 20.6 Å². The van der Waals surface area contributed by atoms with Gasteiger partial charge in [-0.25, -0.2) is 0 Å². The van der Waals surface area contributed by atoms with Gasteiger partial charge in [0.25, 0.3) is 0 Å². The van der Waals surface area contributed by atoms with Gasteiger partial charge in [0.2, 0.25) is 11.1 Å². The number of benzene rings is 2. The third kappa shape index (κ3) is 4.53. The van der Waals surface area contributed by atoms with Crippen LogP contribution in [0.3, 0.4) is 0 Å². The van der Waals surface area contributed by atoms with Crippen LogP contribution >= 0.6 is 35.0 Å². The molecular weight excluding hydrogens is 429 g/mol. The maximum atomic E-state index is 12.3. The van der Waals surface area contributed by atoms with Crippen molar-refractivity contribution >= 4 is 52.2 Å². The zero-order chi connectivity index (χ0) is 20.4. The van der Waals surface area contributed by atoms with Crippen LogP contribution in [0.15, 0.2) is 59.8 Å². The van der Waals surface area contributed by atoms with Crippen LogP contribution in [0.5, 0.6) is 0 Å². The number of thioether (sulfide) groups is 1. The minimum atomic E-state index is -0.166. The van der Waals surface area contributed by atoms with E-state index in [0.29, 0.717) is 26.5 Å². The third-order valence-corrected chi connectivity index (χ3v) is 5.74. The number of hydrogen-bond acceptors (Lipinski definition) is 5. The zero-order valence-corrected chi connectivity index (χ0v) is 17.6. The minimum absolute atomic E-state index is 0.166. The topological polar surface area (TPSA) is 72.2 Å². The van der Waals surface area contributed by atoms with Crippen LogP contribution in [0.2, 0.25) is 10.0 Å². The van der Waals surface area contributed by atoms with Gasteiger partial charge in [-0.2, -0.15) is 9.61 Å². The smallest absolute Gasteiger partial charge is 0.234 e. The number of halogens is 2. The Morgan fingerprint density at radius 3 is 2.62 bits per heavy atom. The summed E-state index contributed by atoms with van der Waals surface area (Å²) < 4.78 is 1.63. The van der Waals surface area contributed by atoms with Crippen LogP contribution in [0.25, 0.3) is 16.9 Å². The van der Waals surface area contributed by atoms with E-state index in [1.54, 1.807) is 10.6 Å². The predicted octanol–water partition coefficient (Wildman–Crippen LogP) is 5.14. The number of hydrogen-bond donors (Lipinski definition) is 1. The normalized spacial score (nSPS) is 11.0. The molecule has 0 saturated heterocycles. The number of fused-ring (bicyclic) bond motifs is 1. The van der Waals surface area contributed by atoms with Crippen molar-refractivity contribution < 1.29 is 4.79 Å². The molecule has 1 N–H and O–H groups in total. The molecular formula is C20H15Cl2N5OS. The van der Waals surface area contributed by atoms with Gasteiger partial charge in [0.15, 0.2) is 5.65 Å². The highest BCUT2D eigenvalue weighted by molar-refractivity contribution is 7.99. The predicted molar refractivity (Wildman–Crippen MR) is 117 cm³/mol. The van der Waals surface area contributed by atoms with Gasteiger partial charge < -0.3 is 5.32 Å². The summed E-state index contributed by atoms with van der Waals surface area (Å²) in [4.78, 5) is 12.3. The first-order chi connectivity index (χ1) is 14.0. The Bertz CT molecular complexity index is 1190. The van der Waals surface area contributed by atoms with Crippen LogP contribution < -0.4 is 5.32 Å². The summed E-state index contributed by atoms with van der Waals surface area (Å²) in [5.74, 6) is -0.000365. The van der Waals surface area contributed by atoms with E-state index in [1.165, 1.54) is 11.8 Å². The maximum absolute atomic E-state index is 12.3. The lowest BCUT2D eigenvalue weighted by atomic mass is 10.1. The minimum Gasteiger partial charge on any atom is -0.325 e. The number of carbonyl (C=O) groups is 1. The number of rotatable bonds is 5. The Balaban J connectivity index is 1.48. The van der Waals surface area contributed by atoms with E-state index in [4.69, 9.17) is 23.2 Å². The van der Waals surface area contributed by atoms with Crippen LogP contribution in [0, 0.1) is 6.92 Å². The molecule has 0 radical (unpaired) electrons. The van der Waals surface area contributed by atoms with Gasteiger partial charge in [-0.3, -0.25) is 4.79 Å². The molecule has 2 aromatic carbocycles. The van der Waals surface area contributed by atoms with Crippen LogP contribution in [0.1, 0.15) is 5.56 Å². The van der Waals surface area contributed by atoms with E-state index in [-0.39, 0.29) is 11.7 Å². The van der Waals surface area contributed by atoms with Crippen LogP contribution in [-0.2, 0) is 4.79 Å². The molecule has 4 aromatic rings. The Hall–Kier alpha value is -2.61. The molecule has 146 valence electrons. The number of carbonyl (C=O) groups excluding carboxylic acids is 1. The average molecular weight is 444 g/mol. The summed E-state index contributed by atoms with van der Waals surface area (Å²) >= 11 is 13.3. The van der Waals surface area contributed by atoms with Gasteiger partial charge in [-0.1, -0.05) is 53.2 Å². The van der Waals surface area contributed by atoms with E-state index < -0.39 is 0 Å². The van der Waals surface area contributed by atoms with E-state index in [1.807, 2.05) is 55.5 Å². The van der Waals surface area contributed by atoms with Gasteiger partial charge in [0.05, 0.1) is 11.4 Å². The standard InChI is InChI=1S/C20H15Cl2N5OS/c1-12-2-7-15(10-16(12)22)23-19(28)11-29-20-25-24-18-9-8-17(26-27(18)20)13-3-5-14(21)6-4-13/h2-10H,11H2,1H3,(H,23,28). The molecule has 0 unspecified atom stereocenters. The first kappa shape index (κ1) is 19.7. The van der Waals surface area contributed by atoms with E-state index >= 15 is 0 Å². The van der Waals surface area contributed by atoms with Crippen molar-refractivity contribution in [2.24, 2.45) is 0 Å². The van der Waals surface area contributed by atoms with Crippen molar-refractivity contribution in [2.75, 3.05) is 11.1 Å². The number of aryl methyl sites for hydroxylation is 1. The van der Waals surface area contributed by atoms with Crippen molar-refractivity contribution in [3.05, 3.63) is 70.2 Å². The van der Waals surface area contributed by atoms with Crippen molar-refractivity contribution in [1.82, 2.24) is 19.8 Å². The van der Waals surface area contributed by atoms with Crippen molar-refractivity contribution in [3.63, 3.8) is 0 Å². The number of nitrogens with one attached hydrogen (secondary N) is 1. The van der Waals surface area contributed by atoms with Gasteiger partial charge in [0.1, 0.15) is 0 Å². The van der Waals surface area contributed by atoms with Crippen molar-refractivity contribution in [3.8, 4) is 11.3 Å². The van der Waals surface area contributed by atoms with Crippen LogP contribution in [0.4, 0.5) is 5.69 Å². The lowest BCUT2D eigenvalue weighted by Gasteiger charge is -2.06. The Morgan fingerprint density at radius 2 is 1.86 bits per heavy atom. The third-order valence-electron chi connectivity index (χ3n) is 4.16. The van der Waals surface area contributed by atoms with Crippen LogP contribution in [-0.4, -0.2) is 31.5 Å². The fourth-order valence-corrected chi connectivity index (χ4v) is 3.63. The molecule has 29 heavy (non-hydrogen) atoms. The Kier molecular flexibility index (Phi) is 5.71. The quantitative estimate of drug-likeness (QED) is 0.432. The Labute approximate surface area is 181 Å². The summed E-state index contributed by atoms with van der Waals surface area (Å²) in [6, 6.07) is 16.5. The molecule has 0 aliphatic rings. The summed E-state index contributed by atoms with van der Waals surface area (Å²) in [5.41, 5.74) is 3.90. The second-order valence-corrected chi connectivity index (χ2v) is 8.06. The first-order valence-corrected chi connectivity index (χ1v) is 10.4. The van der Waals surface area contributed by atoms with Gasteiger partial charge in [-0.05, 0) is 48.9 Å². The van der Waals surface area contributed by atoms with Crippen molar-refractivity contribution in [1.29, 1.82) is 0 Å². The molecule has 0 fully saturated rings. The number of anilines is 1. The van der Waals surface area contributed by atoms with Gasteiger partial charge >= 0.3 is 0 Å². The highest BCUT2D eigenvalue weighted by atomic mass is 35.5. The monoisotopic (exact) mass is 443 g/mol. The molecule has 0 spiro atoms. The van der Waals surface area contributed by atoms with E-state index in [0.717, 1.165) is 16.8 Å². The molecule has 4 rings (SSSR count). The lowest BCUT2D eigenvalue weighted by Crippen LogP contribution is -2.14. The first-order valence-electron chi connectivity index (χ1n) is 8.67. The highest BCUT2D eigenvalue weighted by Gasteiger charge is 2.12. The Morgan fingerprint density at radius 1 is 1.07 bits per heavy atom. The maximum Gasteiger partial charge on any atom is 0.234 e. The van der Waals surface area contributed by atoms with Crippen molar-refractivity contribution in [2.45, 2.75) is 12.1 Å². The zero-order valence-electron chi connectivity index (χ0n) is 15.3. The summed E-state index contributed by atoms with van der Waals surface area (Å²) in [6.07, 6.45) is 0. The average Bonchev–Trinajstić information content (AvgIpc) is 3.12. The molecule has 2 aromatic heterocycles. The van der Waals surface area contributed by atoms with E-state index in [9.17, 15) is 4.79 Å². The molecule has 0 bridgehead atoms. The molecule has 0 aliphatic carbocycles. The SMILES string of the molecule is Cc1ccc(NC(=O)CSc2nnc3ccc(-c4ccc(Cl)cc4)nn23)cc1Cl.